The van der Waals surface area contributed by atoms with E-state index in [9.17, 15) is 9.18 Å². The van der Waals surface area contributed by atoms with Gasteiger partial charge < -0.3 is 24.8 Å². The Balaban J connectivity index is 1.28. The van der Waals surface area contributed by atoms with Crippen LogP contribution in [0.1, 0.15) is 23.5 Å². The fraction of sp³-hybridized carbons (Fsp3) is 0.0938. The highest BCUT2D eigenvalue weighted by atomic mass is 32.1. The summed E-state index contributed by atoms with van der Waals surface area (Å²) in [6, 6.07) is 32.4. The minimum absolute atomic E-state index is 0.0971. The maximum atomic E-state index is 13.7. The number of anilines is 2. The van der Waals surface area contributed by atoms with Gasteiger partial charge in [-0.05, 0) is 97.1 Å². The number of pyridine rings is 1. The fourth-order valence-electron chi connectivity index (χ4n) is 4.97. The molecule has 9 heteroatoms. The van der Waals surface area contributed by atoms with Crippen molar-refractivity contribution in [2.75, 3.05) is 16.8 Å². The van der Waals surface area contributed by atoms with E-state index in [1.54, 1.807) is 30.5 Å². The van der Waals surface area contributed by atoms with Crippen molar-refractivity contribution in [2.45, 2.75) is 12.1 Å². The van der Waals surface area contributed by atoms with Gasteiger partial charge in [-0.1, -0.05) is 24.3 Å². The lowest BCUT2D eigenvalue weighted by Gasteiger charge is -2.29. The van der Waals surface area contributed by atoms with Gasteiger partial charge in [0.25, 0.3) is 5.91 Å². The van der Waals surface area contributed by atoms with Gasteiger partial charge in [0.1, 0.15) is 17.6 Å². The molecule has 1 aliphatic heterocycles. The molecule has 1 fully saturated rings. The number of carbonyl (C=O) groups is 1. The number of hydrogen-bond donors (Lipinski definition) is 2. The summed E-state index contributed by atoms with van der Waals surface area (Å²) < 4.78 is 21.3. The predicted molar refractivity (Wildman–Crippen MR) is 161 cm³/mol. The van der Waals surface area contributed by atoms with E-state index in [0.29, 0.717) is 16.5 Å². The van der Waals surface area contributed by atoms with E-state index >= 15 is 0 Å². The van der Waals surface area contributed by atoms with Gasteiger partial charge in [-0.3, -0.25) is 9.78 Å². The third-order valence-corrected chi connectivity index (χ3v) is 7.14. The summed E-state index contributed by atoms with van der Waals surface area (Å²) in [6.45, 7) is -0.0971. The summed E-state index contributed by atoms with van der Waals surface area (Å²) in [7, 11) is 0. The highest BCUT2D eigenvalue weighted by molar-refractivity contribution is 7.80. The first-order chi connectivity index (χ1) is 20.1. The van der Waals surface area contributed by atoms with Crippen molar-refractivity contribution in [1.82, 2.24) is 14.9 Å². The van der Waals surface area contributed by atoms with E-state index in [4.69, 9.17) is 17.0 Å². The molecule has 1 aliphatic rings. The average Bonchev–Trinajstić information content (AvgIpc) is 3.62. The summed E-state index contributed by atoms with van der Waals surface area (Å²) in [5.41, 5.74) is 4.11. The van der Waals surface area contributed by atoms with Crippen LogP contribution in [0.4, 0.5) is 15.8 Å². The quantitative estimate of drug-likeness (QED) is 0.219. The third-order valence-electron chi connectivity index (χ3n) is 6.83. The summed E-state index contributed by atoms with van der Waals surface area (Å²) in [5.74, 6) is 0.0788. The molecule has 2 atom stereocenters. The van der Waals surface area contributed by atoms with Crippen LogP contribution in [0, 0.1) is 5.82 Å². The van der Waals surface area contributed by atoms with Crippen molar-refractivity contribution in [1.29, 1.82) is 0 Å². The summed E-state index contributed by atoms with van der Waals surface area (Å²) >= 11 is 5.85. The number of nitrogens with one attached hydrogen (secondary N) is 2. The Labute approximate surface area is 242 Å². The van der Waals surface area contributed by atoms with Gasteiger partial charge >= 0.3 is 0 Å². The Bertz CT molecular complexity index is 1640. The van der Waals surface area contributed by atoms with Crippen molar-refractivity contribution in [3.63, 3.8) is 0 Å². The van der Waals surface area contributed by atoms with Crippen LogP contribution >= 0.6 is 12.2 Å². The van der Waals surface area contributed by atoms with E-state index in [0.717, 1.165) is 22.8 Å². The van der Waals surface area contributed by atoms with Crippen molar-refractivity contribution in [3.8, 4) is 11.4 Å². The van der Waals surface area contributed by atoms with E-state index in [1.165, 1.54) is 12.1 Å². The number of para-hydroxylation sites is 1. The van der Waals surface area contributed by atoms with Crippen LogP contribution in [0.15, 0.2) is 122 Å². The van der Waals surface area contributed by atoms with Crippen LogP contribution in [0.3, 0.4) is 0 Å². The minimum atomic E-state index is -0.294. The summed E-state index contributed by atoms with van der Waals surface area (Å²) in [5, 5.41) is 6.88. The molecular formula is C32H26FN5O2S. The molecule has 2 aromatic heterocycles. The smallest absolute Gasteiger partial charge is 0.262 e. The number of nitrogens with zero attached hydrogens (tertiary/aromatic N) is 3. The van der Waals surface area contributed by atoms with E-state index in [1.807, 2.05) is 88.5 Å². The summed E-state index contributed by atoms with van der Waals surface area (Å²) in [6.07, 6.45) is 3.71. The zero-order valence-electron chi connectivity index (χ0n) is 21.9. The second-order valence-corrected chi connectivity index (χ2v) is 9.86. The van der Waals surface area contributed by atoms with Gasteiger partial charge in [0.05, 0.1) is 11.7 Å². The second kappa shape index (κ2) is 11.6. The average molecular weight is 564 g/mol. The van der Waals surface area contributed by atoms with Crippen LogP contribution in [0.2, 0.25) is 0 Å². The maximum Gasteiger partial charge on any atom is 0.262 e. The summed E-state index contributed by atoms with van der Waals surface area (Å²) in [4.78, 5) is 19.1. The van der Waals surface area contributed by atoms with Gasteiger partial charge in [0.15, 0.2) is 11.7 Å². The lowest BCUT2D eigenvalue weighted by molar-refractivity contribution is -0.118. The van der Waals surface area contributed by atoms with Gasteiger partial charge in [0, 0.05) is 35.1 Å². The first-order valence-electron chi connectivity index (χ1n) is 13.1. The molecule has 3 aromatic carbocycles. The minimum Gasteiger partial charge on any atom is -0.484 e. The lowest BCUT2D eigenvalue weighted by atomic mass is 10.0. The second-order valence-electron chi connectivity index (χ2n) is 9.47. The Morgan fingerprint density at radius 1 is 0.902 bits per heavy atom. The van der Waals surface area contributed by atoms with E-state index in [-0.39, 0.29) is 30.4 Å². The molecule has 0 spiro atoms. The number of hydrogen-bond acceptors (Lipinski definition) is 4. The van der Waals surface area contributed by atoms with Crippen molar-refractivity contribution in [2.24, 2.45) is 0 Å². The molecule has 0 radical (unpaired) electrons. The molecule has 1 saturated heterocycles. The number of ether oxygens (including phenoxy) is 1. The number of amides is 1. The molecule has 5 aromatic rings. The molecule has 0 unspecified atom stereocenters. The van der Waals surface area contributed by atoms with Crippen molar-refractivity contribution < 1.29 is 13.9 Å². The normalized spacial score (nSPS) is 16.3. The Hall–Kier alpha value is -5.02. The lowest BCUT2D eigenvalue weighted by Crippen LogP contribution is -2.30. The van der Waals surface area contributed by atoms with Crippen molar-refractivity contribution in [3.05, 3.63) is 139 Å². The molecule has 204 valence electrons. The first kappa shape index (κ1) is 26.2. The Morgan fingerprint density at radius 3 is 2.37 bits per heavy atom. The van der Waals surface area contributed by atoms with Gasteiger partial charge in [-0.25, -0.2) is 4.39 Å². The fourth-order valence-corrected chi connectivity index (χ4v) is 5.32. The third kappa shape index (κ3) is 5.66. The number of benzene rings is 3. The standard InChI is InChI=1S/C32H26FN5O2S/c33-22-11-15-24(16-12-22)37-20-6-10-28(37)31-30(27-9-4-5-19-34-27)36-32(41)38(31)25-17-13-23(14-18-25)35-29(39)21-40-26-7-2-1-3-8-26/h1-20,30-31H,21H2,(H,35,39)(H,36,41)/t30-,31-/m0/s1. The monoisotopic (exact) mass is 563 g/mol. The van der Waals surface area contributed by atoms with Gasteiger partial charge in [0.2, 0.25) is 0 Å². The number of thiocarbonyl (C=S) groups is 1. The van der Waals surface area contributed by atoms with E-state index in [2.05, 4.69) is 15.6 Å². The van der Waals surface area contributed by atoms with Crippen LogP contribution in [-0.2, 0) is 4.79 Å². The Kier molecular flexibility index (Phi) is 7.42. The SMILES string of the molecule is O=C(COc1ccccc1)Nc1ccc(N2C(=S)N[C@@H](c3ccccn3)[C@@H]2c2cccn2-c2ccc(F)cc2)cc1. The van der Waals surface area contributed by atoms with Crippen LogP contribution in [0.5, 0.6) is 5.75 Å². The Morgan fingerprint density at radius 2 is 1.63 bits per heavy atom. The molecular weight excluding hydrogens is 537 g/mol. The van der Waals surface area contributed by atoms with Crippen LogP contribution < -0.4 is 20.3 Å². The molecule has 0 saturated carbocycles. The molecule has 7 nitrogen and oxygen atoms in total. The number of aromatic nitrogens is 2. The van der Waals surface area contributed by atoms with E-state index < -0.39 is 0 Å². The highest BCUT2D eigenvalue weighted by Crippen LogP contribution is 2.42. The molecule has 0 bridgehead atoms. The highest BCUT2D eigenvalue weighted by Gasteiger charge is 2.42. The molecule has 41 heavy (non-hydrogen) atoms. The number of rotatable bonds is 8. The number of carbonyl (C=O) groups excluding carboxylic acids is 1. The zero-order valence-corrected chi connectivity index (χ0v) is 22.7. The van der Waals surface area contributed by atoms with Gasteiger partial charge in [-0.2, -0.15) is 0 Å². The number of halogens is 1. The van der Waals surface area contributed by atoms with Crippen LogP contribution in [-0.4, -0.2) is 27.2 Å². The predicted octanol–water partition coefficient (Wildman–Crippen LogP) is 6.21. The largest absolute Gasteiger partial charge is 0.484 e. The molecule has 2 N–H and O–H groups in total. The van der Waals surface area contributed by atoms with Crippen LogP contribution in [0.25, 0.3) is 5.69 Å². The molecule has 1 amide bonds. The van der Waals surface area contributed by atoms with Gasteiger partial charge in [-0.15, -0.1) is 0 Å². The van der Waals surface area contributed by atoms with Crippen molar-refractivity contribution >= 4 is 34.6 Å². The molecule has 6 rings (SSSR count). The molecule has 0 aliphatic carbocycles. The topological polar surface area (TPSA) is 71.4 Å². The maximum absolute atomic E-state index is 13.7. The molecule has 3 heterocycles. The first-order valence-corrected chi connectivity index (χ1v) is 13.5. The zero-order chi connectivity index (χ0) is 28.2.